The molecule has 12 heteroatoms. The van der Waals surface area contributed by atoms with Crippen molar-refractivity contribution >= 4 is 33.9 Å². The zero-order valence-electron chi connectivity index (χ0n) is 16.7. The number of carbonyl (C=O) groups excluding carboxylic acids is 2. The number of methoxy groups -OCH3 is 1. The summed E-state index contributed by atoms with van der Waals surface area (Å²) in [5, 5.41) is 18.7. The van der Waals surface area contributed by atoms with Crippen LogP contribution < -0.4 is 19.1 Å². The molecule has 1 unspecified atom stereocenters. The maximum Gasteiger partial charge on any atom is 0.301 e. The van der Waals surface area contributed by atoms with Crippen molar-refractivity contribution in [2.24, 2.45) is 0 Å². The van der Waals surface area contributed by atoms with Gasteiger partial charge in [0.25, 0.3) is 5.78 Å². The van der Waals surface area contributed by atoms with E-state index in [1.165, 1.54) is 24.8 Å². The van der Waals surface area contributed by atoms with E-state index in [2.05, 4.69) is 10.2 Å². The van der Waals surface area contributed by atoms with Crippen molar-refractivity contribution in [3.8, 4) is 17.2 Å². The van der Waals surface area contributed by atoms with Gasteiger partial charge in [0.2, 0.25) is 17.7 Å². The van der Waals surface area contributed by atoms with Gasteiger partial charge in [0, 0.05) is 5.56 Å². The summed E-state index contributed by atoms with van der Waals surface area (Å²) in [4.78, 5) is 27.1. The molecular weight excluding hydrogens is 460 g/mol. The highest BCUT2D eigenvalue weighted by Gasteiger charge is 2.48. The molecule has 2 aliphatic heterocycles. The van der Waals surface area contributed by atoms with Gasteiger partial charge in [0.15, 0.2) is 23.1 Å². The van der Waals surface area contributed by atoms with Crippen molar-refractivity contribution in [1.29, 1.82) is 0 Å². The minimum absolute atomic E-state index is 0.0550. The van der Waals surface area contributed by atoms with Crippen LogP contribution in [0.3, 0.4) is 0 Å². The number of aliphatic hydroxyl groups is 1. The second kappa shape index (κ2) is 7.81. The van der Waals surface area contributed by atoms with Gasteiger partial charge in [-0.15, -0.1) is 10.2 Å². The van der Waals surface area contributed by atoms with Crippen LogP contribution in [0, 0.1) is 11.6 Å². The number of hydrogen-bond donors (Lipinski definition) is 1. The van der Waals surface area contributed by atoms with E-state index >= 15 is 0 Å². The second-order valence-electron chi connectivity index (χ2n) is 6.98. The first kappa shape index (κ1) is 20.8. The van der Waals surface area contributed by atoms with E-state index in [0.29, 0.717) is 17.1 Å². The Hall–Kier alpha value is -4.06. The average Bonchev–Trinajstić information content (AvgIpc) is 3.55. The maximum absolute atomic E-state index is 13.8. The van der Waals surface area contributed by atoms with Crippen LogP contribution in [0.2, 0.25) is 0 Å². The van der Waals surface area contributed by atoms with E-state index in [-0.39, 0.29) is 28.8 Å². The van der Waals surface area contributed by atoms with Gasteiger partial charge in [-0.1, -0.05) is 11.3 Å². The lowest BCUT2D eigenvalue weighted by Crippen LogP contribution is -2.29. The number of rotatable bonds is 4. The van der Waals surface area contributed by atoms with Gasteiger partial charge in [0.05, 0.1) is 18.7 Å². The third kappa shape index (κ3) is 3.26. The molecule has 1 saturated heterocycles. The molecule has 0 aliphatic carbocycles. The Balaban J connectivity index is 1.75. The van der Waals surface area contributed by atoms with E-state index in [4.69, 9.17) is 14.2 Å². The summed E-state index contributed by atoms with van der Waals surface area (Å²) in [6.45, 7) is -0.0550. The summed E-state index contributed by atoms with van der Waals surface area (Å²) in [7, 11) is 1.41. The SMILES string of the molecule is COc1cc(C2/C(=C(\O)c3ccc(F)c(F)c3)C(=O)C(=O)N2c2nncs2)cc2c1OCO2. The highest BCUT2D eigenvalue weighted by molar-refractivity contribution is 7.13. The molecule has 5 rings (SSSR count). The molecule has 3 aromatic rings. The molecule has 0 saturated carbocycles. The van der Waals surface area contributed by atoms with Crippen molar-refractivity contribution < 1.29 is 37.7 Å². The van der Waals surface area contributed by atoms with E-state index < -0.39 is 35.1 Å². The van der Waals surface area contributed by atoms with Crippen LogP contribution >= 0.6 is 11.3 Å². The molecule has 3 heterocycles. The van der Waals surface area contributed by atoms with E-state index in [9.17, 15) is 23.5 Å². The van der Waals surface area contributed by atoms with Gasteiger partial charge < -0.3 is 19.3 Å². The monoisotopic (exact) mass is 473 g/mol. The first-order valence-electron chi connectivity index (χ1n) is 9.40. The van der Waals surface area contributed by atoms with Crippen LogP contribution in [0.25, 0.3) is 5.76 Å². The predicted octanol–water partition coefficient (Wildman–Crippen LogP) is 3.18. The molecule has 0 radical (unpaired) electrons. The molecule has 1 aromatic heterocycles. The van der Waals surface area contributed by atoms with Crippen LogP contribution in [0.15, 0.2) is 41.4 Å². The third-order valence-corrected chi connectivity index (χ3v) is 5.88. The minimum atomic E-state index is -1.22. The van der Waals surface area contributed by atoms with Crippen LogP contribution in [-0.4, -0.2) is 40.9 Å². The fourth-order valence-corrected chi connectivity index (χ4v) is 4.31. The molecule has 2 aromatic carbocycles. The number of halogens is 2. The number of aliphatic hydroxyl groups excluding tert-OH is 1. The van der Waals surface area contributed by atoms with E-state index in [0.717, 1.165) is 34.4 Å². The van der Waals surface area contributed by atoms with Gasteiger partial charge in [-0.25, -0.2) is 8.78 Å². The van der Waals surface area contributed by atoms with Crippen LogP contribution in [0.1, 0.15) is 17.2 Å². The average molecular weight is 473 g/mol. The molecule has 0 spiro atoms. The van der Waals surface area contributed by atoms with Crippen LogP contribution in [0.5, 0.6) is 17.2 Å². The fourth-order valence-electron chi connectivity index (χ4n) is 3.72. The molecule has 1 fully saturated rings. The normalized spacial score (nSPS) is 18.8. The summed E-state index contributed by atoms with van der Waals surface area (Å²) in [6, 6.07) is 4.52. The molecule has 1 atom stereocenters. The zero-order chi connectivity index (χ0) is 23.3. The lowest BCUT2D eigenvalue weighted by Gasteiger charge is -2.23. The number of aromatic nitrogens is 2. The van der Waals surface area contributed by atoms with Crippen molar-refractivity contribution in [3.05, 3.63) is 64.2 Å². The smallest absolute Gasteiger partial charge is 0.301 e. The number of benzene rings is 2. The van der Waals surface area contributed by atoms with Gasteiger partial charge in [-0.2, -0.15) is 0 Å². The molecule has 1 amide bonds. The first-order chi connectivity index (χ1) is 15.9. The predicted molar refractivity (Wildman–Crippen MR) is 110 cm³/mol. The standard InChI is InChI=1S/C21H13F2N3O6S/c1-30-13-5-10(6-14-19(13)32-8-31-14)16-15(17(27)9-2-3-11(22)12(23)4-9)18(28)20(29)26(16)21-25-24-7-33-21/h2-7,16,27H,8H2,1H3/b17-15+. The van der Waals surface area contributed by atoms with Crippen LogP contribution in [-0.2, 0) is 9.59 Å². The number of fused-ring (bicyclic) bond motifs is 1. The summed E-state index contributed by atoms with van der Waals surface area (Å²) in [5.74, 6) is -4.12. The Morgan fingerprint density at radius 2 is 2.03 bits per heavy atom. The fraction of sp³-hybridized carbons (Fsp3) is 0.143. The Bertz CT molecular complexity index is 1330. The molecular formula is C21H13F2N3O6S. The number of hydrogen-bond acceptors (Lipinski definition) is 9. The van der Waals surface area contributed by atoms with Gasteiger partial charge in [-0.05, 0) is 35.9 Å². The number of Topliss-reactive ketones (excluding diaryl/α,β-unsaturated/α-hetero) is 1. The van der Waals surface area contributed by atoms with Crippen molar-refractivity contribution in [1.82, 2.24) is 10.2 Å². The number of ketones is 1. The van der Waals surface area contributed by atoms with Crippen LogP contribution in [0.4, 0.5) is 13.9 Å². The van der Waals surface area contributed by atoms with Crippen molar-refractivity contribution in [2.75, 3.05) is 18.8 Å². The zero-order valence-corrected chi connectivity index (χ0v) is 17.6. The van der Waals surface area contributed by atoms with Crippen molar-refractivity contribution in [3.63, 3.8) is 0 Å². The lowest BCUT2D eigenvalue weighted by molar-refractivity contribution is -0.132. The maximum atomic E-state index is 13.8. The first-order valence-corrected chi connectivity index (χ1v) is 10.3. The number of amides is 1. The Labute approximate surface area is 188 Å². The van der Waals surface area contributed by atoms with Crippen molar-refractivity contribution in [2.45, 2.75) is 6.04 Å². The molecule has 168 valence electrons. The Morgan fingerprint density at radius 3 is 2.73 bits per heavy atom. The molecule has 1 N–H and O–H groups in total. The molecule has 2 aliphatic rings. The third-order valence-electron chi connectivity index (χ3n) is 5.19. The number of carbonyl (C=O) groups is 2. The van der Waals surface area contributed by atoms with Gasteiger partial charge in [-0.3, -0.25) is 14.5 Å². The molecule has 0 bridgehead atoms. The quantitative estimate of drug-likeness (QED) is 0.350. The Morgan fingerprint density at radius 1 is 1.21 bits per heavy atom. The number of anilines is 1. The molecule has 9 nitrogen and oxygen atoms in total. The van der Waals surface area contributed by atoms with E-state index in [1.54, 1.807) is 0 Å². The topological polar surface area (TPSA) is 111 Å². The molecule has 33 heavy (non-hydrogen) atoms. The van der Waals surface area contributed by atoms with E-state index in [1.807, 2.05) is 0 Å². The summed E-state index contributed by atoms with van der Waals surface area (Å²) < 4.78 is 43.5. The Kier molecular flexibility index (Phi) is 4.93. The summed E-state index contributed by atoms with van der Waals surface area (Å²) in [5.41, 5.74) is 1.18. The minimum Gasteiger partial charge on any atom is -0.507 e. The summed E-state index contributed by atoms with van der Waals surface area (Å²) in [6.07, 6.45) is 0. The highest BCUT2D eigenvalue weighted by atomic mass is 32.1. The summed E-state index contributed by atoms with van der Waals surface area (Å²) >= 11 is 1.00. The van der Waals surface area contributed by atoms with Gasteiger partial charge >= 0.3 is 5.91 Å². The number of nitrogens with zero attached hydrogens (tertiary/aromatic N) is 3. The largest absolute Gasteiger partial charge is 0.507 e. The highest BCUT2D eigenvalue weighted by Crippen LogP contribution is 2.48. The lowest BCUT2D eigenvalue weighted by atomic mass is 9.94. The number of ether oxygens (including phenoxy) is 3. The second-order valence-corrected chi connectivity index (χ2v) is 7.79. The van der Waals surface area contributed by atoms with Gasteiger partial charge in [0.1, 0.15) is 11.3 Å².